The maximum absolute atomic E-state index is 12.4. The molecule has 1 spiro atoms. The molecule has 0 N–H and O–H groups in total. The predicted molar refractivity (Wildman–Crippen MR) is 112 cm³/mol. The molecular weight excluding hydrogens is 378 g/mol. The first-order valence-electron chi connectivity index (χ1n) is 10.6. The third kappa shape index (κ3) is 3.18. The van der Waals surface area contributed by atoms with Gasteiger partial charge in [-0.3, -0.25) is 9.69 Å². The number of nitrogens with zero attached hydrogens (tertiary/aromatic N) is 1. The van der Waals surface area contributed by atoms with Crippen molar-refractivity contribution in [3.8, 4) is 0 Å². The van der Waals surface area contributed by atoms with Gasteiger partial charge in [-0.05, 0) is 19.4 Å². The zero-order valence-corrected chi connectivity index (χ0v) is 17.5. The van der Waals surface area contributed by atoms with Crippen molar-refractivity contribution in [1.82, 2.24) is 4.90 Å². The Morgan fingerprint density at radius 3 is 2.30 bits per heavy atom. The van der Waals surface area contributed by atoms with Gasteiger partial charge in [0.15, 0.2) is 17.7 Å². The van der Waals surface area contributed by atoms with Crippen LogP contribution in [-0.2, 0) is 31.3 Å². The normalized spacial score (nSPS) is 27.9. The summed E-state index contributed by atoms with van der Waals surface area (Å²) in [7, 11) is 0. The van der Waals surface area contributed by atoms with E-state index in [1.165, 1.54) is 5.56 Å². The van der Waals surface area contributed by atoms with Crippen LogP contribution in [0.1, 0.15) is 37.8 Å². The highest BCUT2D eigenvalue weighted by Crippen LogP contribution is 2.55. The first-order chi connectivity index (χ1) is 14.5. The Hall–Kier alpha value is -2.47. The molecule has 2 saturated heterocycles. The number of likely N-dealkylation sites (tertiary alicyclic amines) is 1. The fraction of sp³-hybridized carbons (Fsp3) is 0.400. The van der Waals surface area contributed by atoms with Crippen LogP contribution in [0.15, 0.2) is 72.0 Å². The van der Waals surface area contributed by atoms with Gasteiger partial charge in [-0.15, -0.1) is 0 Å². The van der Waals surface area contributed by atoms with Crippen molar-refractivity contribution in [3.05, 3.63) is 83.1 Å². The quantitative estimate of drug-likeness (QED) is 0.765. The van der Waals surface area contributed by atoms with Gasteiger partial charge in [-0.2, -0.15) is 0 Å². The summed E-state index contributed by atoms with van der Waals surface area (Å²) >= 11 is 0. The minimum Gasteiger partial charge on any atom is -0.459 e. The number of fused-ring (bicyclic) bond motifs is 1. The summed E-state index contributed by atoms with van der Waals surface area (Å²) in [6, 6.07) is 20.3. The molecule has 2 aromatic carbocycles. The Labute approximate surface area is 177 Å². The van der Waals surface area contributed by atoms with Gasteiger partial charge in [0.2, 0.25) is 0 Å². The predicted octanol–water partition coefficient (Wildman–Crippen LogP) is 4.14. The van der Waals surface area contributed by atoms with Crippen molar-refractivity contribution in [1.29, 1.82) is 0 Å². The molecule has 3 heterocycles. The van der Waals surface area contributed by atoms with Crippen LogP contribution >= 0.6 is 0 Å². The van der Waals surface area contributed by atoms with Crippen molar-refractivity contribution in [3.63, 3.8) is 0 Å². The van der Waals surface area contributed by atoms with E-state index in [1.54, 1.807) is 6.92 Å². The minimum absolute atomic E-state index is 0.0301. The molecule has 30 heavy (non-hydrogen) atoms. The lowest BCUT2D eigenvalue weighted by Gasteiger charge is -2.39. The molecule has 0 radical (unpaired) electrons. The fourth-order valence-electron chi connectivity index (χ4n) is 4.92. The minimum atomic E-state index is -1.09. The van der Waals surface area contributed by atoms with E-state index in [0.717, 1.165) is 38.0 Å². The fourth-order valence-corrected chi connectivity index (χ4v) is 4.92. The van der Waals surface area contributed by atoms with E-state index in [9.17, 15) is 4.79 Å². The van der Waals surface area contributed by atoms with E-state index in [2.05, 4.69) is 29.2 Å². The van der Waals surface area contributed by atoms with Crippen molar-refractivity contribution < 1.29 is 19.0 Å². The average Bonchev–Trinajstić information content (AvgIpc) is 3.20. The third-order valence-corrected chi connectivity index (χ3v) is 6.38. The van der Waals surface area contributed by atoms with E-state index in [-0.39, 0.29) is 5.78 Å². The number of hydrogen-bond donors (Lipinski definition) is 0. The Morgan fingerprint density at radius 2 is 1.67 bits per heavy atom. The average molecular weight is 405 g/mol. The number of hydrogen-bond acceptors (Lipinski definition) is 5. The number of allylic oxidation sites excluding steroid dienone is 1. The summed E-state index contributed by atoms with van der Waals surface area (Å²) in [4.78, 5) is 14.8. The van der Waals surface area contributed by atoms with Gasteiger partial charge < -0.3 is 14.2 Å². The standard InChI is InChI=1S/C25H27NO4/c1-18(27)22-19(2)28-25(21-11-7-4-8-12-21)23(22)29-24(30-25)13-15-26(16-14-24)17-20-9-5-3-6-10-20/h3-12,23H,13-17H2,1-2H3/t23-,25-/m0/s1. The highest BCUT2D eigenvalue weighted by molar-refractivity contribution is 5.95. The number of carbonyl (C=O) groups excluding carboxylic acids is 1. The highest BCUT2D eigenvalue weighted by Gasteiger charge is 2.65. The molecule has 3 aliphatic heterocycles. The summed E-state index contributed by atoms with van der Waals surface area (Å²) < 4.78 is 19.5. The van der Waals surface area contributed by atoms with E-state index in [0.29, 0.717) is 11.3 Å². The van der Waals surface area contributed by atoms with Crippen LogP contribution in [0.5, 0.6) is 0 Å². The lowest BCUT2D eigenvalue weighted by Crippen LogP contribution is -2.46. The molecule has 5 nitrogen and oxygen atoms in total. The summed E-state index contributed by atoms with van der Waals surface area (Å²) in [6.07, 6.45) is 0.926. The molecule has 0 aliphatic carbocycles. The Bertz CT molecular complexity index is 963. The first-order valence-corrected chi connectivity index (χ1v) is 10.6. The molecule has 156 valence electrons. The summed E-state index contributed by atoms with van der Waals surface area (Å²) in [5.41, 5.74) is 2.77. The zero-order valence-electron chi connectivity index (χ0n) is 17.5. The Kier molecular flexibility index (Phi) is 4.77. The number of carbonyl (C=O) groups is 1. The van der Waals surface area contributed by atoms with Gasteiger partial charge in [-0.25, -0.2) is 0 Å². The zero-order chi connectivity index (χ0) is 20.8. The molecule has 2 aromatic rings. The number of benzene rings is 2. The first kappa shape index (κ1) is 19.5. The largest absolute Gasteiger partial charge is 0.459 e. The molecule has 2 atom stereocenters. The number of piperidine rings is 1. The van der Waals surface area contributed by atoms with E-state index in [1.807, 2.05) is 43.3 Å². The number of ether oxygens (including phenoxy) is 3. The van der Waals surface area contributed by atoms with Crippen molar-refractivity contribution in [2.75, 3.05) is 13.1 Å². The van der Waals surface area contributed by atoms with Gasteiger partial charge in [0, 0.05) is 38.0 Å². The summed E-state index contributed by atoms with van der Waals surface area (Å²) in [6.45, 7) is 6.04. The van der Waals surface area contributed by atoms with Crippen molar-refractivity contribution in [2.24, 2.45) is 0 Å². The van der Waals surface area contributed by atoms with Crippen LogP contribution in [0.2, 0.25) is 0 Å². The lowest BCUT2D eigenvalue weighted by molar-refractivity contribution is -0.270. The van der Waals surface area contributed by atoms with Crippen LogP contribution in [-0.4, -0.2) is 35.7 Å². The number of rotatable bonds is 4. The molecule has 0 amide bonds. The smallest absolute Gasteiger partial charge is 0.270 e. The number of ketones is 1. The SMILES string of the molecule is CC(=O)C1=C(C)O[C@@]2(c3ccccc3)OC3(CCN(Cc4ccccc4)CC3)O[C@@H]12. The summed E-state index contributed by atoms with van der Waals surface area (Å²) in [5.74, 6) is -1.27. The Balaban J connectivity index is 1.39. The van der Waals surface area contributed by atoms with Gasteiger partial charge >= 0.3 is 0 Å². The Morgan fingerprint density at radius 1 is 1.03 bits per heavy atom. The van der Waals surface area contributed by atoms with Crippen molar-refractivity contribution in [2.45, 2.75) is 50.9 Å². The van der Waals surface area contributed by atoms with E-state index < -0.39 is 17.7 Å². The van der Waals surface area contributed by atoms with Crippen LogP contribution in [0.3, 0.4) is 0 Å². The molecule has 3 aliphatic rings. The van der Waals surface area contributed by atoms with Gasteiger partial charge in [0.25, 0.3) is 5.79 Å². The summed E-state index contributed by atoms with van der Waals surface area (Å²) in [5, 5.41) is 0. The van der Waals surface area contributed by atoms with E-state index in [4.69, 9.17) is 14.2 Å². The van der Waals surface area contributed by atoms with Gasteiger partial charge in [0.1, 0.15) is 5.76 Å². The van der Waals surface area contributed by atoms with Crippen LogP contribution in [0, 0.1) is 0 Å². The highest BCUT2D eigenvalue weighted by atomic mass is 16.8. The maximum Gasteiger partial charge on any atom is 0.270 e. The van der Waals surface area contributed by atoms with Crippen molar-refractivity contribution >= 4 is 5.78 Å². The van der Waals surface area contributed by atoms with E-state index >= 15 is 0 Å². The monoisotopic (exact) mass is 405 g/mol. The van der Waals surface area contributed by atoms with Crippen LogP contribution < -0.4 is 0 Å². The molecule has 0 bridgehead atoms. The number of Topliss-reactive ketones (excluding diaryl/α,β-unsaturated/α-hetero) is 1. The lowest BCUT2D eigenvalue weighted by atomic mass is 9.95. The maximum atomic E-state index is 12.4. The molecule has 0 aromatic heterocycles. The van der Waals surface area contributed by atoms with Crippen LogP contribution in [0.25, 0.3) is 0 Å². The molecule has 5 rings (SSSR count). The topological polar surface area (TPSA) is 48.0 Å². The second-order valence-electron chi connectivity index (χ2n) is 8.43. The van der Waals surface area contributed by atoms with Crippen LogP contribution in [0.4, 0.5) is 0 Å². The van der Waals surface area contributed by atoms with Gasteiger partial charge in [0.05, 0.1) is 5.57 Å². The molecule has 2 fully saturated rings. The second-order valence-corrected chi connectivity index (χ2v) is 8.43. The molecular formula is C25H27NO4. The molecule has 5 heteroatoms. The molecule has 0 unspecified atom stereocenters. The second kappa shape index (κ2) is 7.34. The van der Waals surface area contributed by atoms with Gasteiger partial charge in [-0.1, -0.05) is 60.7 Å². The third-order valence-electron chi connectivity index (χ3n) is 6.38. The molecule has 0 saturated carbocycles.